The molecule has 5 N–H and O–H groups in total. The molecule has 58 heavy (non-hydrogen) atoms. The summed E-state index contributed by atoms with van der Waals surface area (Å²) in [7, 11) is -4.86. The number of benzene rings is 2. The lowest BCUT2D eigenvalue weighted by Gasteiger charge is -2.35. The Kier molecular flexibility index (Phi) is 14.0. The molecule has 0 unspecified atom stereocenters. The number of thiazole rings is 1. The van der Waals surface area contributed by atoms with E-state index in [4.69, 9.17) is 31.4 Å². The van der Waals surface area contributed by atoms with Gasteiger partial charge < -0.3 is 35.6 Å². The van der Waals surface area contributed by atoms with Crippen molar-refractivity contribution in [2.24, 2.45) is 5.73 Å². The molecule has 6 rings (SSSR count). The van der Waals surface area contributed by atoms with Gasteiger partial charge in [0.05, 0.1) is 34.8 Å². The van der Waals surface area contributed by atoms with Crippen molar-refractivity contribution in [1.29, 1.82) is 0 Å². The van der Waals surface area contributed by atoms with E-state index in [2.05, 4.69) is 16.0 Å². The standard InChI is InChI=1S/C38H43ClF3N6O7PS2/c1-3-54-56(53,55-4-2)38(41,42)23-9-13-31-22(16-23)18-32(58-31)35(51)46-28-19-44-15-14-24-10-12-30(48(24)37(28)52)34(50)45-27(6-5-7-33(43)49)36-47-29(20-57-36)21-8-11-26(40)25(39)17-21/h8-9,11,13,16-18,20,24,27-28,30,44H,3-7,10,12,14-15,19H2,1-2H3,(H2,43,49)(H,45,50)(H,46,51)/t24-,27+,28+,30+/m1/s1. The van der Waals surface area contributed by atoms with Gasteiger partial charge in [-0.05, 0) is 94.3 Å². The van der Waals surface area contributed by atoms with E-state index in [0.29, 0.717) is 65.0 Å². The largest absolute Gasteiger partial charge is 0.404 e. The number of alkyl halides is 2. The van der Waals surface area contributed by atoms with Crippen molar-refractivity contribution in [2.45, 2.75) is 82.2 Å². The summed E-state index contributed by atoms with van der Waals surface area (Å²) >= 11 is 8.31. The Balaban J connectivity index is 1.19. The van der Waals surface area contributed by atoms with E-state index in [1.54, 1.807) is 16.3 Å². The van der Waals surface area contributed by atoms with Gasteiger partial charge >= 0.3 is 13.3 Å². The molecule has 312 valence electrons. The SMILES string of the molecule is CCOP(=O)(OCC)C(F)(F)c1ccc2sc(C(=O)N[C@H]3CNCC[C@H]4CC[C@@H](C(=O)N[C@@H](CCCC(N)=O)c5nc(-c6ccc(F)c(Cl)c6)cs5)N4C3=O)cc2c1. The van der Waals surface area contributed by atoms with E-state index in [1.807, 2.05) is 0 Å². The van der Waals surface area contributed by atoms with Gasteiger partial charge in [0.15, 0.2) is 0 Å². The van der Waals surface area contributed by atoms with Gasteiger partial charge in [0.25, 0.3) is 5.91 Å². The van der Waals surface area contributed by atoms with Gasteiger partial charge in [-0.2, -0.15) is 8.78 Å². The molecule has 2 aromatic heterocycles. The van der Waals surface area contributed by atoms with E-state index < -0.39 is 66.4 Å². The second kappa shape index (κ2) is 18.6. The Bertz CT molecular complexity index is 2220. The van der Waals surface area contributed by atoms with Crippen LogP contribution >= 0.6 is 41.9 Å². The maximum absolute atomic E-state index is 15.5. The molecule has 20 heteroatoms. The van der Waals surface area contributed by atoms with Crippen LogP contribution in [0.25, 0.3) is 21.3 Å². The van der Waals surface area contributed by atoms with E-state index >= 15 is 8.78 Å². The zero-order valence-electron chi connectivity index (χ0n) is 31.6. The van der Waals surface area contributed by atoms with Crippen LogP contribution in [0.5, 0.6) is 0 Å². The van der Waals surface area contributed by atoms with E-state index in [-0.39, 0.29) is 42.1 Å². The lowest BCUT2D eigenvalue weighted by Crippen LogP contribution is -2.60. The summed E-state index contributed by atoms with van der Waals surface area (Å²) in [6.45, 7) is 2.97. The predicted molar refractivity (Wildman–Crippen MR) is 215 cm³/mol. The number of rotatable bonds is 16. The highest BCUT2D eigenvalue weighted by Crippen LogP contribution is 2.67. The highest BCUT2D eigenvalue weighted by molar-refractivity contribution is 7.54. The van der Waals surface area contributed by atoms with Gasteiger partial charge in [-0.15, -0.1) is 22.7 Å². The number of nitrogens with zero attached hydrogens (tertiary/aromatic N) is 2. The fourth-order valence-corrected chi connectivity index (χ4v) is 10.7. The molecule has 2 aliphatic rings. The maximum Gasteiger partial charge on any atom is 0.404 e. The second-order valence-electron chi connectivity index (χ2n) is 13.9. The summed E-state index contributed by atoms with van der Waals surface area (Å²) in [6, 6.07) is 6.46. The predicted octanol–water partition coefficient (Wildman–Crippen LogP) is 7.10. The number of nitrogens with one attached hydrogen (secondary N) is 3. The number of carbonyl (C=O) groups is 4. The second-order valence-corrected chi connectivity index (χ2v) is 18.3. The number of amides is 4. The third kappa shape index (κ3) is 9.43. The van der Waals surface area contributed by atoms with Crippen LogP contribution in [0.4, 0.5) is 13.2 Å². The molecule has 13 nitrogen and oxygen atoms in total. The molecule has 0 radical (unpaired) electrons. The van der Waals surface area contributed by atoms with Crippen molar-refractivity contribution in [3.8, 4) is 11.3 Å². The molecule has 0 bridgehead atoms. The van der Waals surface area contributed by atoms with Crippen LogP contribution in [0, 0.1) is 5.82 Å². The smallest absolute Gasteiger partial charge is 0.370 e. The molecule has 0 saturated carbocycles. The van der Waals surface area contributed by atoms with Gasteiger partial charge in [-0.3, -0.25) is 23.7 Å². The first kappa shape index (κ1) is 43.7. The number of thiophene rings is 1. The van der Waals surface area contributed by atoms with Crippen LogP contribution < -0.4 is 21.7 Å². The monoisotopic (exact) mass is 882 g/mol. The lowest BCUT2D eigenvalue weighted by molar-refractivity contribution is -0.142. The molecule has 4 atom stereocenters. The van der Waals surface area contributed by atoms with Crippen LogP contribution in [-0.2, 0) is 33.7 Å². The normalized spacial score (nSPS) is 19.4. The number of carbonyl (C=O) groups excluding carboxylic acids is 4. The molecule has 0 spiro atoms. The first-order valence-electron chi connectivity index (χ1n) is 18.8. The van der Waals surface area contributed by atoms with E-state index in [9.17, 15) is 28.1 Å². The zero-order valence-corrected chi connectivity index (χ0v) is 34.9. The fourth-order valence-electron chi connectivity index (χ4n) is 7.16. The molecule has 2 fully saturated rings. The summed E-state index contributed by atoms with van der Waals surface area (Å²) in [4.78, 5) is 60.0. The minimum Gasteiger partial charge on any atom is -0.370 e. The van der Waals surface area contributed by atoms with Crippen molar-refractivity contribution in [3.05, 3.63) is 74.1 Å². The minimum absolute atomic E-state index is 0.0627. The Morgan fingerprint density at radius 2 is 1.88 bits per heavy atom. The van der Waals surface area contributed by atoms with Crippen molar-refractivity contribution in [3.63, 3.8) is 0 Å². The highest BCUT2D eigenvalue weighted by Gasteiger charge is 2.55. The molecule has 2 aromatic carbocycles. The molecule has 2 aliphatic heterocycles. The number of fused-ring (bicyclic) bond motifs is 2. The van der Waals surface area contributed by atoms with Gasteiger partial charge in [0.1, 0.15) is 22.9 Å². The quantitative estimate of drug-likeness (QED) is 0.0854. The molecular formula is C38H43ClF3N6O7PS2. The van der Waals surface area contributed by atoms with Crippen molar-refractivity contribution < 1.29 is 46.0 Å². The summed E-state index contributed by atoms with van der Waals surface area (Å²) in [6.07, 6.45) is 2.27. The number of aromatic nitrogens is 1. The van der Waals surface area contributed by atoms with E-state index in [0.717, 1.165) is 23.5 Å². The van der Waals surface area contributed by atoms with Crippen LogP contribution in [0.2, 0.25) is 5.02 Å². The number of primary amides is 1. The highest BCUT2D eigenvalue weighted by atomic mass is 35.5. The van der Waals surface area contributed by atoms with Crippen LogP contribution in [0.15, 0.2) is 47.8 Å². The van der Waals surface area contributed by atoms with E-state index in [1.165, 1.54) is 49.4 Å². The first-order valence-corrected chi connectivity index (χ1v) is 22.4. The van der Waals surface area contributed by atoms with Crippen molar-refractivity contribution in [1.82, 2.24) is 25.8 Å². The lowest BCUT2D eigenvalue weighted by atomic mass is 10.1. The number of hydrogen-bond acceptors (Lipinski definition) is 11. The van der Waals surface area contributed by atoms with Gasteiger partial charge in [0.2, 0.25) is 17.7 Å². The molecule has 0 aliphatic carbocycles. The summed E-state index contributed by atoms with van der Waals surface area (Å²) in [5.74, 6) is -2.55. The molecule has 2 saturated heterocycles. The van der Waals surface area contributed by atoms with Crippen molar-refractivity contribution >= 4 is 75.6 Å². The van der Waals surface area contributed by atoms with Crippen LogP contribution in [-0.4, -0.2) is 77.9 Å². The number of halogens is 4. The Morgan fingerprint density at radius 3 is 2.59 bits per heavy atom. The topological polar surface area (TPSA) is 182 Å². The molecule has 4 heterocycles. The van der Waals surface area contributed by atoms with Crippen molar-refractivity contribution in [2.75, 3.05) is 26.3 Å². The van der Waals surface area contributed by atoms with Gasteiger partial charge in [-0.1, -0.05) is 17.7 Å². The first-order chi connectivity index (χ1) is 27.6. The fraction of sp³-hybridized carbons (Fsp3) is 0.447. The maximum atomic E-state index is 15.5. The molecule has 4 aromatic rings. The average Bonchev–Trinajstić information content (AvgIpc) is 3.94. The van der Waals surface area contributed by atoms with Gasteiger partial charge in [0, 0.05) is 40.2 Å². The zero-order chi connectivity index (χ0) is 41.8. The average molecular weight is 883 g/mol. The van der Waals surface area contributed by atoms with Gasteiger partial charge in [-0.25, -0.2) is 9.37 Å². The summed E-state index contributed by atoms with van der Waals surface area (Å²) in [5.41, 5.74) is 1.94. The summed E-state index contributed by atoms with van der Waals surface area (Å²) < 4.78 is 68.2. The Hall–Kier alpha value is -3.90. The van der Waals surface area contributed by atoms with Crippen LogP contribution in [0.3, 0.4) is 0 Å². The Morgan fingerprint density at radius 1 is 1.12 bits per heavy atom. The van der Waals surface area contributed by atoms with Crippen LogP contribution in [0.1, 0.15) is 78.7 Å². The minimum atomic E-state index is -4.86. The Labute approximate surface area is 345 Å². The molecule has 4 amide bonds. The third-order valence-electron chi connectivity index (χ3n) is 9.96. The molecular weight excluding hydrogens is 840 g/mol. The number of nitrogens with two attached hydrogens (primary N) is 1. The number of hydrogen-bond donors (Lipinski definition) is 4. The summed E-state index contributed by atoms with van der Waals surface area (Å²) in [5, 5.41) is 11.6. The third-order valence-corrected chi connectivity index (χ3v) is 14.5.